The lowest BCUT2D eigenvalue weighted by Gasteiger charge is -2.32. The van der Waals surface area contributed by atoms with Crippen LogP contribution in [0.3, 0.4) is 0 Å². The van der Waals surface area contributed by atoms with Gasteiger partial charge in [0.25, 0.3) is 0 Å². The summed E-state index contributed by atoms with van der Waals surface area (Å²) in [5, 5.41) is 0.579. The number of halogens is 1. The third-order valence-corrected chi connectivity index (χ3v) is 4.34. The minimum Gasteiger partial charge on any atom is -0.444 e. The van der Waals surface area contributed by atoms with Gasteiger partial charge in [-0.25, -0.2) is 9.59 Å². The first-order valence-corrected chi connectivity index (χ1v) is 9.66. The van der Waals surface area contributed by atoms with Crippen LogP contribution < -0.4 is 5.48 Å². The molecule has 1 aromatic rings. The molecule has 27 heavy (non-hydrogen) atoms. The van der Waals surface area contributed by atoms with Crippen LogP contribution in [0.25, 0.3) is 0 Å². The summed E-state index contributed by atoms with van der Waals surface area (Å²) in [5.41, 5.74) is 2.89. The van der Waals surface area contributed by atoms with E-state index in [2.05, 4.69) is 5.48 Å². The fourth-order valence-electron chi connectivity index (χ4n) is 2.44. The van der Waals surface area contributed by atoms with E-state index in [1.807, 2.05) is 34.6 Å². The van der Waals surface area contributed by atoms with E-state index in [0.29, 0.717) is 5.02 Å². The van der Waals surface area contributed by atoms with Gasteiger partial charge in [-0.1, -0.05) is 23.7 Å². The van der Waals surface area contributed by atoms with Gasteiger partial charge in [-0.2, -0.15) is 5.48 Å². The molecular weight excluding hydrogens is 368 g/mol. The van der Waals surface area contributed by atoms with Crippen LogP contribution >= 0.6 is 11.6 Å². The van der Waals surface area contributed by atoms with Crippen molar-refractivity contribution in [2.75, 3.05) is 6.54 Å². The summed E-state index contributed by atoms with van der Waals surface area (Å²) >= 11 is 5.97. The summed E-state index contributed by atoms with van der Waals surface area (Å²) in [5.74, 6) is -1.08. The van der Waals surface area contributed by atoms with Crippen molar-refractivity contribution in [3.8, 4) is 0 Å². The summed E-state index contributed by atoms with van der Waals surface area (Å²) < 4.78 is 5.50. The highest BCUT2D eigenvalue weighted by atomic mass is 35.5. The second kappa shape index (κ2) is 8.93. The predicted octanol–water partition coefficient (Wildman–Crippen LogP) is 4.28. The summed E-state index contributed by atoms with van der Waals surface area (Å²) in [4.78, 5) is 32.2. The Hall–Kier alpha value is -1.79. The van der Waals surface area contributed by atoms with Crippen LogP contribution in [-0.4, -0.2) is 41.2 Å². The molecule has 1 N–H and O–H groups in total. The van der Waals surface area contributed by atoms with Gasteiger partial charge in [-0.15, -0.1) is 0 Å². The number of amides is 1. The molecule has 1 amide bonds. The highest BCUT2D eigenvalue weighted by Crippen LogP contribution is 2.25. The zero-order valence-electron chi connectivity index (χ0n) is 16.6. The molecule has 1 aliphatic rings. The molecule has 1 fully saturated rings. The molecule has 0 aromatic heterocycles. The molecule has 1 aromatic carbocycles. The number of carbonyl (C=O) groups is 2. The Balaban J connectivity index is 2.19. The van der Waals surface area contributed by atoms with Crippen molar-refractivity contribution in [2.24, 2.45) is 0 Å². The van der Waals surface area contributed by atoms with Crippen molar-refractivity contribution in [2.45, 2.75) is 71.1 Å². The fraction of sp³-hybridized carbons (Fsp3) is 0.600. The standard InChI is InChI=1S/C20H29ClN2O4/c1-13(2)23(19(25)26-20(3,4)5)12-17(14-6-8-15(21)9-7-14)18(24)27-22-16-10-11-16/h6-9,13,16-17,22H,10-12H2,1-5H3/t17-/m1/s1. The third kappa shape index (κ3) is 7.03. The molecule has 1 aliphatic carbocycles. The quantitative estimate of drug-likeness (QED) is 0.696. The minimum absolute atomic E-state index is 0.140. The Bertz CT molecular complexity index is 651. The van der Waals surface area contributed by atoms with Gasteiger partial charge in [-0.05, 0) is 65.2 Å². The van der Waals surface area contributed by atoms with Crippen molar-refractivity contribution in [3.63, 3.8) is 0 Å². The SMILES string of the molecule is CC(C)N(C[C@@H](C(=O)ONC1CC1)c1ccc(Cl)cc1)C(=O)OC(C)(C)C. The maximum atomic E-state index is 12.7. The van der Waals surface area contributed by atoms with Crippen LogP contribution in [0.1, 0.15) is 58.9 Å². The number of hydroxylamine groups is 1. The smallest absolute Gasteiger partial charge is 0.410 e. The Kier molecular flexibility index (Phi) is 7.12. The molecule has 0 aliphatic heterocycles. The van der Waals surface area contributed by atoms with E-state index >= 15 is 0 Å². The van der Waals surface area contributed by atoms with Crippen molar-refractivity contribution < 1.29 is 19.2 Å². The first-order valence-electron chi connectivity index (χ1n) is 9.28. The molecule has 0 unspecified atom stereocenters. The highest BCUT2D eigenvalue weighted by Gasteiger charge is 2.32. The lowest BCUT2D eigenvalue weighted by atomic mass is 9.98. The molecule has 1 saturated carbocycles. The van der Waals surface area contributed by atoms with Crippen molar-refractivity contribution >= 4 is 23.7 Å². The number of nitrogens with zero attached hydrogens (tertiary/aromatic N) is 1. The Morgan fingerprint density at radius 1 is 1.22 bits per heavy atom. The summed E-state index contributed by atoms with van der Waals surface area (Å²) in [7, 11) is 0. The van der Waals surface area contributed by atoms with Crippen LogP contribution in [0.15, 0.2) is 24.3 Å². The van der Waals surface area contributed by atoms with Gasteiger partial charge in [0, 0.05) is 23.7 Å². The highest BCUT2D eigenvalue weighted by molar-refractivity contribution is 6.30. The molecule has 6 nitrogen and oxygen atoms in total. The largest absolute Gasteiger partial charge is 0.444 e. The monoisotopic (exact) mass is 396 g/mol. The van der Waals surface area contributed by atoms with Gasteiger partial charge < -0.3 is 14.5 Å². The Morgan fingerprint density at radius 3 is 2.30 bits per heavy atom. The van der Waals surface area contributed by atoms with Crippen LogP contribution in [-0.2, 0) is 14.4 Å². The number of carbonyl (C=O) groups excluding carboxylic acids is 2. The number of nitrogens with one attached hydrogen (secondary N) is 1. The molecule has 0 saturated heterocycles. The van der Waals surface area contributed by atoms with Crippen LogP contribution in [0.4, 0.5) is 4.79 Å². The van der Waals surface area contributed by atoms with Crippen molar-refractivity contribution in [3.05, 3.63) is 34.9 Å². The molecule has 0 heterocycles. The fourth-order valence-corrected chi connectivity index (χ4v) is 2.56. The zero-order chi connectivity index (χ0) is 20.2. The average Bonchev–Trinajstić information content (AvgIpc) is 3.37. The first kappa shape index (κ1) is 21.5. The lowest BCUT2D eigenvalue weighted by molar-refractivity contribution is -0.154. The summed E-state index contributed by atoms with van der Waals surface area (Å²) in [6.07, 6.45) is 1.53. The lowest BCUT2D eigenvalue weighted by Crippen LogP contribution is -2.44. The van der Waals surface area contributed by atoms with E-state index in [1.54, 1.807) is 29.2 Å². The molecule has 150 valence electrons. The van der Waals surface area contributed by atoms with E-state index in [4.69, 9.17) is 21.2 Å². The van der Waals surface area contributed by atoms with E-state index in [-0.39, 0.29) is 18.6 Å². The summed E-state index contributed by atoms with van der Waals surface area (Å²) in [6, 6.07) is 7.08. The number of hydrogen-bond donors (Lipinski definition) is 1. The van der Waals surface area contributed by atoms with Gasteiger partial charge in [0.2, 0.25) is 0 Å². The minimum atomic E-state index is -0.650. The second-order valence-corrected chi connectivity index (χ2v) is 8.58. The van der Waals surface area contributed by atoms with Crippen LogP contribution in [0.5, 0.6) is 0 Å². The van der Waals surface area contributed by atoms with Gasteiger partial charge in [-0.3, -0.25) is 0 Å². The molecule has 2 rings (SSSR count). The van der Waals surface area contributed by atoms with Crippen LogP contribution in [0, 0.1) is 0 Å². The van der Waals surface area contributed by atoms with E-state index < -0.39 is 23.6 Å². The number of rotatable bonds is 7. The third-order valence-electron chi connectivity index (χ3n) is 4.09. The molecule has 0 bridgehead atoms. The molecule has 7 heteroatoms. The molecule has 1 atom stereocenters. The number of ether oxygens (including phenoxy) is 1. The van der Waals surface area contributed by atoms with Gasteiger partial charge in [0.15, 0.2) is 0 Å². The molecule has 0 spiro atoms. The second-order valence-electron chi connectivity index (χ2n) is 8.14. The average molecular weight is 397 g/mol. The van der Waals surface area contributed by atoms with Gasteiger partial charge in [0.1, 0.15) is 11.5 Å². The van der Waals surface area contributed by atoms with E-state index in [1.165, 1.54) is 0 Å². The normalized spacial score (nSPS) is 15.4. The zero-order valence-corrected chi connectivity index (χ0v) is 17.4. The van der Waals surface area contributed by atoms with Crippen molar-refractivity contribution in [1.29, 1.82) is 0 Å². The Morgan fingerprint density at radius 2 is 1.81 bits per heavy atom. The van der Waals surface area contributed by atoms with E-state index in [0.717, 1.165) is 18.4 Å². The topological polar surface area (TPSA) is 67.9 Å². The maximum absolute atomic E-state index is 12.7. The number of benzene rings is 1. The Labute approximate surface area is 166 Å². The first-order chi connectivity index (χ1) is 12.6. The van der Waals surface area contributed by atoms with Crippen molar-refractivity contribution in [1.82, 2.24) is 10.4 Å². The van der Waals surface area contributed by atoms with Gasteiger partial charge in [0.05, 0.1) is 0 Å². The molecule has 0 radical (unpaired) electrons. The van der Waals surface area contributed by atoms with Crippen LogP contribution in [0.2, 0.25) is 5.02 Å². The maximum Gasteiger partial charge on any atom is 0.410 e. The van der Waals surface area contributed by atoms with Gasteiger partial charge >= 0.3 is 12.1 Å². The van der Waals surface area contributed by atoms with E-state index in [9.17, 15) is 9.59 Å². The summed E-state index contributed by atoms with van der Waals surface area (Å²) in [6.45, 7) is 9.36. The number of hydrogen-bond acceptors (Lipinski definition) is 5. The molecular formula is C20H29ClN2O4. The predicted molar refractivity (Wildman–Crippen MR) is 105 cm³/mol.